The predicted molar refractivity (Wildman–Crippen MR) is 89.4 cm³/mol. The number of rotatable bonds is 4. The van der Waals surface area contributed by atoms with Crippen LogP contribution in [0.25, 0.3) is 17.7 Å². The number of hydrogen-bond donors (Lipinski definition) is 0. The number of benzene rings is 2. The fraction of sp³-hybridized carbons (Fsp3) is 0.158. The van der Waals surface area contributed by atoms with Crippen LogP contribution >= 0.6 is 0 Å². The Hall–Kier alpha value is -2.68. The van der Waals surface area contributed by atoms with E-state index in [4.69, 9.17) is 14.2 Å². The molecule has 1 aliphatic rings. The highest BCUT2D eigenvalue weighted by molar-refractivity contribution is 5.97. The molecule has 0 saturated carbocycles. The summed E-state index contributed by atoms with van der Waals surface area (Å²) in [6.45, 7) is 0. The summed E-state index contributed by atoms with van der Waals surface area (Å²) >= 11 is 0. The Bertz CT molecular complexity index is 732. The van der Waals surface area contributed by atoms with Gasteiger partial charge in [0.05, 0.1) is 21.3 Å². The topological polar surface area (TPSA) is 27.7 Å². The summed E-state index contributed by atoms with van der Waals surface area (Å²) in [6, 6.07) is 12.2. The smallest absolute Gasteiger partial charge is 0.203 e. The molecule has 2 aromatic rings. The SMILES string of the molecule is COc1cc(/C=C2\C=Cc3ccccc32)cc(OC)c1OC. The molecule has 22 heavy (non-hydrogen) atoms. The van der Waals surface area contributed by atoms with E-state index in [-0.39, 0.29) is 0 Å². The van der Waals surface area contributed by atoms with Crippen molar-refractivity contribution in [3.05, 3.63) is 59.2 Å². The molecule has 3 rings (SSSR count). The Morgan fingerprint density at radius 2 is 1.50 bits per heavy atom. The van der Waals surface area contributed by atoms with Crippen molar-refractivity contribution in [3.63, 3.8) is 0 Å². The minimum absolute atomic E-state index is 0.606. The third-order valence-corrected chi connectivity index (χ3v) is 3.72. The van der Waals surface area contributed by atoms with Gasteiger partial charge >= 0.3 is 0 Å². The van der Waals surface area contributed by atoms with Crippen LogP contribution in [-0.2, 0) is 0 Å². The van der Waals surface area contributed by atoms with Crippen molar-refractivity contribution >= 4 is 17.7 Å². The molecule has 0 saturated heterocycles. The van der Waals surface area contributed by atoms with E-state index in [2.05, 4.69) is 36.4 Å². The van der Waals surface area contributed by atoms with Crippen LogP contribution in [0.5, 0.6) is 17.2 Å². The van der Waals surface area contributed by atoms with Crippen LogP contribution < -0.4 is 14.2 Å². The minimum atomic E-state index is 0.606. The van der Waals surface area contributed by atoms with Crippen molar-refractivity contribution < 1.29 is 14.2 Å². The molecule has 1 aliphatic carbocycles. The van der Waals surface area contributed by atoms with E-state index in [1.165, 1.54) is 16.7 Å². The van der Waals surface area contributed by atoms with Gasteiger partial charge in [0.1, 0.15) is 0 Å². The summed E-state index contributed by atoms with van der Waals surface area (Å²) < 4.78 is 16.2. The number of hydrogen-bond acceptors (Lipinski definition) is 3. The second-order valence-corrected chi connectivity index (χ2v) is 4.98. The average molecular weight is 294 g/mol. The maximum atomic E-state index is 5.40. The van der Waals surface area contributed by atoms with Crippen molar-refractivity contribution in [2.75, 3.05) is 21.3 Å². The van der Waals surface area contributed by atoms with Gasteiger partial charge < -0.3 is 14.2 Å². The van der Waals surface area contributed by atoms with Crippen molar-refractivity contribution in [1.82, 2.24) is 0 Å². The van der Waals surface area contributed by atoms with Gasteiger partial charge in [-0.2, -0.15) is 0 Å². The van der Waals surface area contributed by atoms with E-state index in [1.807, 2.05) is 18.2 Å². The van der Waals surface area contributed by atoms with Crippen LogP contribution in [0.1, 0.15) is 16.7 Å². The van der Waals surface area contributed by atoms with E-state index in [0.29, 0.717) is 17.2 Å². The number of methoxy groups -OCH3 is 3. The van der Waals surface area contributed by atoms with Gasteiger partial charge in [-0.15, -0.1) is 0 Å². The Labute approximate surface area is 130 Å². The minimum Gasteiger partial charge on any atom is -0.493 e. The van der Waals surface area contributed by atoms with Gasteiger partial charge in [-0.3, -0.25) is 0 Å². The standard InChI is InChI=1S/C19H18O3/c1-20-17-11-13(12-18(21-2)19(17)22-3)10-15-9-8-14-6-4-5-7-16(14)15/h4-12H,1-3H3/b15-10+. The first kappa shape index (κ1) is 14.3. The summed E-state index contributed by atoms with van der Waals surface area (Å²) in [7, 11) is 4.85. The van der Waals surface area contributed by atoms with Crippen molar-refractivity contribution in [2.45, 2.75) is 0 Å². The summed E-state index contributed by atoms with van der Waals surface area (Å²) in [4.78, 5) is 0. The molecule has 0 spiro atoms. The van der Waals surface area contributed by atoms with E-state index in [9.17, 15) is 0 Å². The molecule has 0 atom stereocenters. The van der Waals surface area contributed by atoms with Crippen LogP contribution in [0, 0.1) is 0 Å². The number of allylic oxidation sites excluding steroid dienone is 2. The van der Waals surface area contributed by atoms with E-state index >= 15 is 0 Å². The van der Waals surface area contributed by atoms with Gasteiger partial charge in [-0.1, -0.05) is 36.4 Å². The molecule has 3 heteroatoms. The molecule has 0 radical (unpaired) electrons. The van der Waals surface area contributed by atoms with E-state index in [1.54, 1.807) is 21.3 Å². The van der Waals surface area contributed by atoms with Gasteiger partial charge in [0.2, 0.25) is 5.75 Å². The summed E-state index contributed by atoms with van der Waals surface area (Å²) in [6.07, 6.45) is 6.36. The lowest BCUT2D eigenvalue weighted by Crippen LogP contribution is -1.95. The maximum absolute atomic E-state index is 5.40. The molecule has 0 aliphatic heterocycles. The number of fused-ring (bicyclic) bond motifs is 1. The monoisotopic (exact) mass is 294 g/mol. The van der Waals surface area contributed by atoms with Crippen LogP contribution in [0.15, 0.2) is 42.5 Å². The predicted octanol–water partition coefficient (Wildman–Crippen LogP) is 4.28. The van der Waals surface area contributed by atoms with Gasteiger partial charge in [0.15, 0.2) is 11.5 Å². The quantitative estimate of drug-likeness (QED) is 0.842. The van der Waals surface area contributed by atoms with Crippen molar-refractivity contribution in [1.29, 1.82) is 0 Å². The molecule has 0 aromatic heterocycles. The van der Waals surface area contributed by atoms with E-state index in [0.717, 1.165) is 5.56 Å². The largest absolute Gasteiger partial charge is 0.493 e. The lowest BCUT2D eigenvalue weighted by molar-refractivity contribution is 0.324. The molecular formula is C19H18O3. The third kappa shape index (κ3) is 2.46. The normalized spacial score (nSPS) is 14.0. The molecule has 0 bridgehead atoms. The van der Waals surface area contributed by atoms with Gasteiger partial charge in [-0.25, -0.2) is 0 Å². The summed E-state index contributed by atoms with van der Waals surface area (Å²) in [5.41, 5.74) is 4.65. The molecule has 2 aromatic carbocycles. The first-order chi connectivity index (χ1) is 10.8. The average Bonchev–Trinajstić information content (AvgIpc) is 2.97. The fourth-order valence-electron chi connectivity index (χ4n) is 2.66. The van der Waals surface area contributed by atoms with Gasteiger partial charge in [-0.05, 0) is 40.5 Å². The second-order valence-electron chi connectivity index (χ2n) is 4.98. The molecule has 112 valence electrons. The molecule has 3 nitrogen and oxygen atoms in total. The molecular weight excluding hydrogens is 276 g/mol. The Morgan fingerprint density at radius 3 is 2.14 bits per heavy atom. The highest BCUT2D eigenvalue weighted by atomic mass is 16.5. The fourth-order valence-corrected chi connectivity index (χ4v) is 2.66. The molecule has 0 amide bonds. The maximum Gasteiger partial charge on any atom is 0.203 e. The highest BCUT2D eigenvalue weighted by Crippen LogP contribution is 2.39. The van der Waals surface area contributed by atoms with Crippen LogP contribution in [-0.4, -0.2) is 21.3 Å². The lowest BCUT2D eigenvalue weighted by atomic mass is 10.0. The zero-order valence-electron chi connectivity index (χ0n) is 12.9. The lowest BCUT2D eigenvalue weighted by Gasteiger charge is -2.13. The Kier molecular flexibility index (Phi) is 3.88. The van der Waals surface area contributed by atoms with E-state index < -0.39 is 0 Å². The van der Waals surface area contributed by atoms with Crippen molar-refractivity contribution in [2.24, 2.45) is 0 Å². The first-order valence-corrected chi connectivity index (χ1v) is 7.06. The molecule has 0 heterocycles. The number of ether oxygens (including phenoxy) is 3. The van der Waals surface area contributed by atoms with Crippen LogP contribution in [0.2, 0.25) is 0 Å². The molecule has 0 N–H and O–H groups in total. The molecule has 0 fully saturated rings. The van der Waals surface area contributed by atoms with Gasteiger partial charge in [0, 0.05) is 0 Å². The highest BCUT2D eigenvalue weighted by Gasteiger charge is 2.14. The Balaban J connectivity index is 2.07. The van der Waals surface area contributed by atoms with Gasteiger partial charge in [0.25, 0.3) is 0 Å². The zero-order valence-corrected chi connectivity index (χ0v) is 12.9. The third-order valence-electron chi connectivity index (χ3n) is 3.72. The van der Waals surface area contributed by atoms with Crippen molar-refractivity contribution in [3.8, 4) is 17.2 Å². The van der Waals surface area contributed by atoms with Crippen LogP contribution in [0.4, 0.5) is 0 Å². The molecule has 0 unspecified atom stereocenters. The summed E-state index contributed by atoms with van der Waals surface area (Å²) in [5, 5.41) is 0. The zero-order chi connectivity index (χ0) is 15.5. The summed E-state index contributed by atoms with van der Waals surface area (Å²) in [5.74, 6) is 1.92. The van der Waals surface area contributed by atoms with Crippen LogP contribution in [0.3, 0.4) is 0 Å². The first-order valence-electron chi connectivity index (χ1n) is 7.06. The second kappa shape index (κ2) is 5.98. The Morgan fingerprint density at radius 1 is 0.818 bits per heavy atom.